The molecule has 1 aliphatic heterocycles. The van der Waals surface area contributed by atoms with Crippen molar-refractivity contribution >= 4 is 10.9 Å². The highest BCUT2D eigenvalue weighted by molar-refractivity contribution is 5.81. The lowest BCUT2D eigenvalue weighted by molar-refractivity contribution is 0.169. The predicted molar refractivity (Wildman–Crippen MR) is 144 cm³/mol. The summed E-state index contributed by atoms with van der Waals surface area (Å²) < 4.78 is 35.5. The van der Waals surface area contributed by atoms with Crippen LogP contribution in [0.4, 0.5) is 4.39 Å². The molecule has 1 unspecified atom stereocenters. The molecule has 0 aliphatic carbocycles. The molecule has 3 aromatic rings. The maximum absolute atomic E-state index is 13.5. The molecule has 204 valence electrons. The first kappa shape index (κ1) is 27.7. The zero-order valence-electron chi connectivity index (χ0n) is 22.7. The Kier molecular flexibility index (Phi) is 9.08. The third-order valence-electron chi connectivity index (χ3n) is 7.78. The molecule has 38 heavy (non-hydrogen) atoms. The van der Waals surface area contributed by atoms with E-state index in [4.69, 9.17) is 18.9 Å². The molecule has 0 bridgehead atoms. The second-order valence-corrected chi connectivity index (χ2v) is 9.87. The summed E-state index contributed by atoms with van der Waals surface area (Å²) in [4.78, 5) is 2.46. The fraction of sp³-hybridized carbons (Fsp3) is 0.517. The van der Waals surface area contributed by atoms with Crippen molar-refractivity contribution < 1.29 is 23.3 Å². The third-order valence-corrected chi connectivity index (χ3v) is 7.78. The van der Waals surface area contributed by atoms with Gasteiger partial charge in [0.1, 0.15) is 5.82 Å². The van der Waals surface area contributed by atoms with Crippen molar-refractivity contribution in [3.63, 3.8) is 0 Å². The van der Waals surface area contributed by atoms with Crippen molar-refractivity contribution in [3.05, 3.63) is 47.4 Å². The number of H-pyrrole nitrogens is 1. The Balaban J connectivity index is 1.42. The number of rotatable bonds is 12. The third kappa shape index (κ3) is 5.71. The fourth-order valence-corrected chi connectivity index (χ4v) is 5.59. The van der Waals surface area contributed by atoms with Gasteiger partial charge in [-0.3, -0.25) is 5.10 Å². The van der Waals surface area contributed by atoms with Crippen molar-refractivity contribution in [2.24, 2.45) is 0 Å². The minimum Gasteiger partial charge on any atom is -0.493 e. The number of ether oxygens (including phenoxy) is 4. The summed E-state index contributed by atoms with van der Waals surface area (Å²) in [5.74, 6) is 1.69. The number of nitriles is 1. The molecule has 0 amide bonds. The summed E-state index contributed by atoms with van der Waals surface area (Å²) in [7, 11) is 6.39. The topological polar surface area (TPSA) is 92.6 Å². The van der Waals surface area contributed by atoms with Crippen LogP contribution in [-0.4, -0.2) is 69.8 Å². The van der Waals surface area contributed by atoms with Crippen LogP contribution in [0.15, 0.2) is 30.3 Å². The molecule has 8 nitrogen and oxygen atoms in total. The van der Waals surface area contributed by atoms with Gasteiger partial charge in [-0.2, -0.15) is 10.4 Å². The first-order valence-corrected chi connectivity index (χ1v) is 13.0. The molecule has 0 saturated carbocycles. The average Bonchev–Trinajstić information content (AvgIpc) is 3.37. The smallest absolute Gasteiger partial charge is 0.203 e. The average molecular weight is 525 g/mol. The number of aromatic amines is 1. The zero-order valence-corrected chi connectivity index (χ0v) is 22.7. The first-order chi connectivity index (χ1) is 18.5. The lowest BCUT2D eigenvalue weighted by Crippen LogP contribution is -2.35. The van der Waals surface area contributed by atoms with E-state index in [0.717, 1.165) is 55.5 Å². The molecule has 1 saturated heterocycles. The molecule has 2 aromatic carbocycles. The predicted octanol–water partition coefficient (Wildman–Crippen LogP) is 5.19. The van der Waals surface area contributed by atoms with Gasteiger partial charge in [0.25, 0.3) is 0 Å². The molecule has 1 atom stereocenters. The van der Waals surface area contributed by atoms with Gasteiger partial charge in [0.2, 0.25) is 5.75 Å². The van der Waals surface area contributed by atoms with Crippen molar-refractivity contribution in [1.29, 1.82) is 5.26 Å². The molecule has 9 heteroatoms. The summed E-state index contributed by atoms with van der Waals surface area (Å²) in [5.41, 5.74) is 1.88. The van der Waals surface area contributed by atoms with Gasteiger partial charge >= 0.3 is 0 Å². The van der Waals surface area contributed by atoms with Gasteiger partial charge in [-0.05, 0) is 81.6 Å². The SMILES string of the molecule is COCCC(C#N)(CCCN1CCC(c2[nH]nc3cc(F)ccc23)CC1)c1cc(OC)c(OC)c(OC)c1. The molecule has 1 fully saturated rings. The highest BCUT2D eigenvalue weighted by atomic mass is 19.1. The van der Waals surface area contributed by atoms with E-state index in [1.165, 1.54) is 12.1 Å². The molecule has 0 radical (unpaired) electrons. The molecule has 1 aromatic heterocycles. The monoisotopic (exact) mass is 524 g/mol. The van der Waals surface area contributed by atoms with Gasteiger partial charge in [0.15, 0.2) is 11.5 Å². The highest BCUT2D eigenvalue weighted by Gasteiger charge is 2.34. The number of fused-ring (bicyclic) bond motifs is 1. The van der Waals surface area contributed by atoms with Crippen LogP contribution >= 0.6 is 0 Å². The van der Waals surface area contributed by atoms with Crippen LogP contribution in [0.5, 0.6) is 17.2 Å². The molecule has 4 rings (SSSR count). The van der Waals surface area contributed by atoms with Crippen LogP contribution in [0.1, 0.15) is 49.3 Å². The van der Waals surface area contributed by atoms with Crippen LogP contribution in [0.2, 0.25) is 0 Å². The van der Waals surface area contributed by atoms with Crippen LogP contribution in [0.3, 0.4) is 0 Å². The van der Waals surface area contributed by atoms with Crippen LogP contribution in [0.25, 0.3) is 10.9 Å². The van der Waals surface area contributed by atoms with Gasteiger partial charge in [0, 0.05) is 36.8 Å². The molecular formula is C29H37FN4O4. The van der Waals surface area contributed by atoms with Gasteiger partial charge in [-0.1, -0.05) is 0 Å². The van der Waals surface area contributed by atoms with E-state index in [-0.39, 0.29) is 5.82 Å². The first-order valence-electron chi connectivity index (χ1n) is 13.0. The maximum atomic E-state index is 13.5. The Labute approximate surface area is 223 Å². The van der Waals surface area contributed by atoms with Gasteiger partial charge in [-0.25, -0.2) is 4.39 Å². The van der Waals surface area contributed by atoms with E-state index in [9.17, 15) is 9.65 Å². The Morgan fingerprint density at radius 1 is 1.05 bits per heavy atom. The minimum absolute atomic E-state index is 0.268. The van der Waals surface area contributed by atoms with Crippen LogP contribution in [0, 0.1) is 17.1 Å². The standard InChI is InChI=1S/C29H37FN4O4/c1-35-15-11-29(19-31,21-16-25(36-2)28(38-4)26(17-21)37-3)10-5-12-34-13-8-20(9-14-34)27-23-7-6-22(30)18-24(23)32-33-27/h6-7,16-18,20H,5,8-15H2,1-4H3,(H,32,33). The molecular weight excluding hydrogens is 487 g/mol. The lowest BCUT2D eigenvalue weighted by Gasteiger charge is -2.33. The number of piperidine rings is 1. The Morgan fingerprint density at radius 2 is 1.76 bits per heavy atom. The number of benzene rings is 2. The van der Waals surface area contributed by atoms with Crippen molar-refractivity contribution in [1.82, 2.24) is 15.1 Å². The number of likely N-dealkylation sites (tertiary alicyclic amines) is 1. The van der Waals surface area contributed by atoms with E-state index in [1.807, 2.05) is 18.2 Å². The molecule has 1 N–H and O–H groups in total. The molecule has 2 heterocycles. The zero-order chi connectivity index (χ0) is 27.1. The van der Waals surface area contributed by atoms with Crippen molar-refractivity contribution in [3.8, 4) is 23.3 Å². The Hall–Kier alpha value is -3.35. The highest BCUT2D eigenvalue weighted by Crippen LogP contribution is 2.44. The largest absolute Gasteiger partial charge is 0.493 e. The Morgan fingerprint density at radius 3 is 2.37 bits per heavy atom. The summed E-state index contributed by atoms with van der Waals surface area (Å²) in [5, 5.41) is 18.9. The van der Waals surface area contributed by atoms with Crippen molar-refractivity contribution in [2.45, 2.75) is 43.4 Å². The second-order valence-electron chi connectivity index (χ2n) is 9.87. The van der Waals surface area contributed by atoms with E-state index in [1.54, 1.807) is 28.4 Å². The van der Waals surface area contributed by atoms with Gasteiger partial charge in [-0.15, -0.1) is 0 Å². The second kappa shape index (κ2) is 12.5. The number of aromatic nitrogens is 2. The quantitative estimate of drug-likeness (QED) is 0.349. The van der Waals surface area contributed by atoms with E-state index < -0.39 is 5.41 Å². The normalized spacial score (nSPS) is 16.2. The van der Waals surface area contributed by atoms with Crippen LogP contribution < -0.4 is 14.2 Å². The number of nitrogens with zero attached hydrogens (tertiary/aromatic N) is 3. The van der Waals surface area contributed by atoms with E-state index in [0.29, 0.717) is 48.1 Å². The summed E-state index contributed by atoms with van der Waals surface area (Å²) >= 11 is 0. The Bertz CT molecular complexity index is 1240. The number of nitrogens with one attached hydrogen (secondary N) is 1. The number of hydrogen-bond acceptors (Lipinski definition) is 7. The minimum atomic E-state index is -0.745. The number of hydrogen-bond donors (Lipinski definition) is 1. The van der Waals surface area contributed by atoms with E-state index in [2.05, 4.69) is 21.2 Å². The van der Waals surface area contributed by atoms with Crippen LogP contribution in [-0.2, 0) is 10.2 Å². The van der Waals surface area contributed by atoms with Gasteiger partial charge in [0.05, 0.1) is 38.3 Å². The number of methoxy groups -OCH3 is 4. The van der Waals surface area contributed by atoms with Gasteiger partial charge < -0.3 is 23.8 Å². The maximum Gasteiger partial charge on any atom is 0.203 e. The summed E-state index contributed by atoms with van der Waals surface area (Å²) in [6.07, 6.45) is 4.13. The van der Waals surface area contributed by atoms with Crippen molar-refractivity contribution in [2.75, 3.05) is 54.7 Å². The summed E-state index contributed by atoms with van der Waals surface area (Å²) in [6, 6.07) is 11.2. The van der Waals surface area contributed by atoms with E-state index >= 15 is 0 Å². The lowest BCUT2D eigenvalue weighted by atomic mass is 9.75. The molecule has 0 spiro atoms. The fourth-order valence-electron chi connectivity index (χ4n) is 5.59. The summed E-state index contributed by atoms with van der Waals surface area (Å²) in [6.45, 7) is 3.31. The number of halogens is 1. The molecule has 1 aliphatic rings.